The topological polar surface area (TPSA) is 43.9 Å². The molecular formula is C23H17Cl2N3O2S2. The molecule has 0 atom stereocenters. The molecule has 2 aromatic carbocycles. The lowest BCUT2D eigenvalue weighted by molar-refractivity contribution is -0.132. The first-order chi connectivity index (χ1) is 15.3. The van der Waals surface area contributed by atoms with E-state index in [1.165, 1.54) is 21.1 Å². The van der Waals surface area contributed by atoms with Crippen LogP contribution in [-0.2, 0) is 9.59 Å². The molecule has 5 nitrogen and oxygen atoms in total. The minimum absolute atomic E-state index is 0.0709. The molecule has 2 heterocycles. The Labute approximate surface area is 205 Å². The minimum atomic E-state index is -0.416. The van der Waals surface area contributed by atoms with E-state index in [1.807, 2.05) is 60.7 Å². The van der Waals surface area contributed by atoms with E-state index in [9.17, 15) is 9.59 Å². The maximum atomic E-state index is 12.6. The SMILES string of the molecule is CN1C(=O)C(=Cc2ccc(N(c3ccc(Cl)cc3)c3ccc(Cl)cc3)s2)C(=O)N(C)C1=S. The molecule has 2 amide bonds. The molecule has 0 saturated carbocycles. The highest BCUT2D eigenvalue weighted by atomic mass is 35.5. The van der Waals surface area contributed by atoms with Gasteiger partial charge < -0.3 is 4.90 Å². The fourth-order valence-corrected chi connectivity index (χ4v) is 4.65. The molecule has 1 aromatic heterocycles. The van der Waals surface area contributed by atoms with Crippen molar-refractivity contribution in [3.05, 3.63) is 81.2 Å². The third-order valence-corrected chi connectivity index (χ3v) is 7.00. The molecule has 0 spiro atoms. The molecule has 1 aliphatic rings. The molecule has 0 bridgehead atoms. The van der Waals surface area contributed by atoms with E-state index in [0.29, 0.717) is 10.0 Å². The number of thiophene rings is 1. The number of hydrogen-bond donors (Lipinski definition) is 0. The number of halogens is 2. The summed E-state index contributed by atoms with van der Waals surface area (Å²) in [6.45, 7) is 0. The molecule has 1 aliphatic heterocycles. The Morgan fingerprint density at radius 3 is 1.75 bits per heavy atom. The van der Waals surface area contributed by atoms with Crippen molar-refractivity contribution in [1.82, 2.24) is 9.80 Å². The lowest BCUT2D eigenvalue weighted by atomic mass is 10.1. The predicted molar refractivity (Wildman–Crippen MR) is 135 cm³/mol. The summed E-state index contributed by atoms with van der Waals surface area (Å²) in [4.78, 5) is 30.7. The Morgan fingerprint density at radius 2 is 1.28 bits per heavy atom. The number of anilines is 3. The number of thiocarbonyl (C=S) groups is 1. The first-order valence-electron chi connectivity index (χ1n) is 9.49. The Balaban J connectivity index is 1.75. The molecule has 162 valence electrons. The third-order valence-electron chi connectivity index (χ3n) is 4.93. The van der Waals surface area contributed by atoms with Crippen molar-refractivity contribution in [2.45, 2.75) is 0 Å². The van der Waals surface area contributed by atoms with Gasteiger partial charge in [0, 0.05) is 40.4 Å². The zero-order valence-electron chi connectivity index (χ0n) is 17.1. The summed E-state index contributed by atoms with van der Waals surface area (Å²) in [5.74, 6) is -0.833. The quantitative estimate of drug-likeness (QED) is 0.245. The van der Waals surface area contributed by atoms with Crippen LogP contribution in [0.2, 0.25) is 10.0 Å². The smallest absolute Gasteiger partial charge is 0.265 e. The number of nitrogens with zero attached hydrogens (tertiary/aromatic N) is 3. The van der Waals surface area contributed by atoms with Crippen molar-refractivity contribution in [3.8, 4) is 0 Å². The molecule has 0 aliphatic carbocycles. The van der Waals surface area contributed by atoms with Gasteiger partial charge in [0.1, 0.15) is 10.6 Å². The van der Waals surface area contributed by atoms with Crippen LogP contribution >= 0.6 is 46.8 Å². The zero-order valence-corrected chi connectivity index (χ0v) is 20.2. The Hall–Kier alpha value is -2.71. The van der Waals surface area contributed by atoms with Crippen LogP contribution in [0.4, 0.5) is 16.4 Å². The van der Waals surface area contributed by atoms with Crippen molar-refractivity contribution in [3.63, 3.8) is 0 Å². The van der Waals surface area contributed by atoms with Crippen molar-refractivity contribution in [2.24, 2.45) is 0 Å². The summed E-state index contributed by atoms with van der Waals surface area (Å²) in [6.07, 6.45) is 1.61. The highest BCUT2D eigenvalue weighted by Crippen LogP contribution is 2.40. The van der Waals surface area contributed by atoms with Gasteiger partial charge in [0.15, 0.2) is 5.11 Å². The first-order valence-corrected chi connectivity index (χ1v) is 11.5. The maximum Gasteiger partial charge on any atom is 0.265 e. The third kappa shape index (κ3) is 4.29. The number of rotatable bonds is 4. The van der Waals surface area contributed by atoms with Crippen LogP contribution < -0.4 is 4.90 Å². The fourth-order valence-electron chi connectivity index (χ4n) is 3.24. The lowest BCUT2D eigenvalue weighted by Crippen LogP contribution is -2.52. The lowest BCUT2D eigenvalue weighted by Gasteiger charge is -2.31. The van der Waals surface area contributed by atoms with E-state index in [1.54, 1.807) is 20.2 Å². The Morgan fingerprint density at radius 1 is 0.812 bits per heavy atom. The van der Waals surface area contributed by atoms with E-state index in [0.717, 1.165) is 21.3 Å². The first kappa shape index (κ1) is 22.5. The summed E-state index contributed by atoms with van der Waals surface area (Å²) in [5, 5.41) is 2.36. The van der Waals surface area contributed by atoms with Crippen LogP contribution in [0, 0.1) is 0 Å². The van der Waals surface area contributed by atoms with Crippen molar-refractivity contribution >= 4 is 86.1 Å². The van der Waals surface area contributed by atoms with Gasteiger partial charge in [-0.2, -0.15) is 0 Å². The normalized spacial score (nSPS) is 14.2. The molecule has 0 unspecified atom stereocenters. The van der Waals surface area contributed by atoms with E-state index < -0.39 is 11.8 Å². The number of benzene rings is 2. The van der Waals surface area contributed by atoms with Crippen LogP contribution in [0.15, 0.2) is 66.2 Å². The Bertz CT molecular complexity index is 1170. The highest BCUT2D eigenvalue weighted by molar-refractivity contribution is 7.80. The summed E-state index contributed by atoms with van der Waals surface area (Å²) in [5.41, 5.74) is 1.89. The number of likely N-dealkylation sites (N-methyl/N-ethyl adjacent to an activating group) is 2. The molecular weight excluding hydrogens is 485 g/mol. The van der Waals surface area contributed by atoms with Crippen molar-refractivity contribution in [1.29, 1.82) is 0 Å². The van der Waals surface area contributed by atoms with Gasteiger partial charge in [0.25, 0.3) is 11.8 Å². The van der Waals surface area contributed by atoms with Gasteiger partial charge in [-0.25, -0.2) is 0 Å². The zero-order chi connectivity index (χ0) is 23.0. The monoisotopic (exact) mass is 501 g/mol. The molecule has 0 N–H and O–H groups in total. The highest BCUT2D eigenvalue weighted by Gasteiger charge is 2.35. The largest absolute Gasteiger partial charge is 0.302 e. The number of carbonyl (C=O) groups is 2. The second-order valence-corrected chi connectivity index (χ2v) is 9.36. The summed E-state index contributed by atoms with van der Waals surface area (Å²) in [6, 6.07) is 18.8. The van der Waals surface area contributed by atoms with Crippen LogP contribution in [0.25, 0.3) is 6.08 Å². The van der Waals surface area contributed by atoms with E-state index in [4.69, 9.17) is 35.4 Å². The summed E-state index contributed by atoms with van der Waals surface area (Å²) < 4.78 is 0. The van der Waals surface area contributed by atoms with Gasteiger partial charge in [-0.3, -0.25) is 19.4 Å². The minimum Gasteiger partial charge on any atom is -0.302 e. The van der Waals surface area contributed by atoms with Crippen LogP contribution in [0.1, 0.15) is 4.88 Å². The molecule has 1 saturated heterocycles. The van der Waals surface area contributed by atoms with E-state index >= 15 is 0 Å². The Kier molecular flexibility index (Phi) is 6.35. The van der Waals surface area contributed by atoms with Crippen LogP contribution in [0.3, 0.4) is 0 Å². The molecule has 9 heteroatoms. The number of hydrogen-bond acceptors (Lipinski definition) is 5. The molecule has 32 heavy (non-hydrogen) atoms. The van der Waals surface area contributed by atoms with E-state index in [2.05, 4.69) is 4.90 Å². The van der Waals surface area contributed by atoms with Gasteiger partial charge in [-0.15, -0.1) is 11.3 Å². The van der Waals surface area contributed by atoms with Gasteiger partial charge in [-0.1, -0.05) is 23.2 Å². The van der Waals surface area contributed by atoms with Crippen LogP contribution in [0.5, 0.6) is 0 Å². The number of amides is 2. The second kappa shape index (κ2) is 9.03. The predicted octanol–water partition coefficient (Wildman–Crippen LogP) is 6.12. The standard InChI is InChI=1S/C23H17Cl2N3O2S2/c1-26-21(29)19(22(30)27(2)23(26)31)13-18-11-12-20(32-18)28(16-7-3-14(24)4-8-16)17-9-5-15(25)6-10-17/h3-13H,1-2H3. The summed E-state index contributed by atoms with van der Waals surface area (Å²) in [7, 11) is 3.12. The molecule has 4 rings (SSSR count). The summed E-state index contributed by atoms with van der Waals surface area (Å²) >= 11 is 18.8. The van der Waals surface area contributed by atoms with Crippen LogP contribution in [-0.4, -0.2) is 40.8 Å². The average molecular weight is 502 g/mol. The van der Waals surface area contributed by atoms with Gasteiger partial charge in [-0.05, 0) is 79.0 Å². The molecule has 0 radical (unpaired) electrons. The van der Waals surface area contributed by atoms with Crippen molar-refractivity contribution < 1.29 is 9.59 Å². The van der Waals surface area contributed by atoms with Crippen molar-refractivity contribution in [2.75, 3.05) is 19.0 Å². The average Bonchev–Trinajstić information content (AvgIpc) is 3.25. The second-order valence-electron chi connectivity index (χ2n) is 7.03. The number of carbonyl (C=O) groups excluding carboxylic acids is 2. The van der Waals surface area contributed by atoms with E-state index in [-0.39, 0.29) is 10.7 Å². The van der Waals surface area contributed by atoms with Gasteiger partial charge >= 0.3 is 0 Å². The maximum absolute atomic E-state index is 12.6. The fraction of sp³-hybridized carbons (Fsp3) is 0.0870. The molecule has 1 fully saturated rings. The van der Waals surface area contributed by atoms with Gasteiger partial charge in [0.05, 0.1) is 0 Å². The van der Waals surface area contributed by atoms with Gasteiger partial charge in [0.2, 0.25) is 0 Å². The molecule has 3 aromatic rings.